The summed E-state index contributed by atoms with van der Waals surface area (Å²) in [7, 11) is -2.44. The van der Waals surface area contributed by atoms with Crippen molar-refractivity contribution >= 4 is 97.1 Å². The number of fused-ring (bicyclic) bond motifs is 2. The summed E-state index contributed by atoms with van der Waals surface area (Å²) >= 11 is 3.31. The van der Waals surface area contributed by atoms with Gasteiger partial charge in [0.25, 0.3) is 0 Å². The second kappa shape index (κ2) is 25.1. The summed E-state index contributed by atoms with van der Waals surface area (Å²) in [5.74, 6) is 3.05. The number of anilines is 4. The average molecular weight is 1070 g/mol. The number of aromatic nitrogens is 4. The number of hydrogen-bond acceptors (Lipinski definition) is 14. The van der Waals surface area contributed by atoms with Gasteiger partial charge in [-0.05, 0) is 114 Å². The van der Waals surface area contributed by atoms with E-state index in [-0.39, 0.29) is 37.5 Å². The molecule has 5 heterocycles. The zero-order valence-electron chi connectivity index (χ0n) is 44.7. The third kappa shape index (κ3) is 15.1. The highest BCUT2D eigenvalue weighted by Gasteiger charge is 2.40. The first-order valence-corrected chi connectivity index (χ1v) is 32.2. The Hall–Kier alpha value is -5.95. The Balaban J connectivity index is 0.000000217. The van der Waals surface area contributed by atoms with Crippen LogP contribution in [0.1, 0.15) is 65.5 Å². The van der Waals surface area contributed by atoms with Crippen molar-refractivity contribution in [2.45, 2.75) is 103 Å². The summed E-state index contributed by atoms with van der Waals surface area (Å²) in [6.45, 7) is 24.6. The molecule has 4 aromatic carbocycles. The number of hydrogen-bond donors (Lipinski definition) is 3. The second-order valence-electron chi connectivity index (χ2n) is 21.1. The highest BCUT2D eigenvalue weighted by Crippen LogP contribution is 2.42. The molecule has 1 fully saturated rings. The van der Waals surface area contributed by atoms with Crippen LogP contribution in [0.25, 0.3) is 41.3 Å². The third-order valence-corrected chi connectivity index (χ3v) is 24.5. The lowest BCUT2D eigenvalue weighted by Gasteiger charge is -2.36. The topological polar surface area (TPSA) is 150 Å². The van der Waals surface area contributed by atoms with Gasteiger partial charge in [-0.2, -0.15) is 0 Å². The number of ether oxygens (including phenoxy) is 2. The smallest absolute Gasteiger partial charge is 0.309 e. The largest absolute Gasteiger partial charge is 0.543 e. The first-order valence-electron chi connectivity index (χ1n) is 24.8. The van der Waals surface area contributed by atoms with Crippen molar-refractivity contribution in [1.82, 2.24) is 19.9 Å². The van der Waals surface area contributed by atoms with Crippen LogP contribution in [0, 0.1) is 0 Å². The van der Waals surface area contributed by atoms with Gasteiger partial charge in [-0.15, -0.1) is 22.7 Å². The van der Waals surface area contributed by atoms with E-state index in [4.69, 9.17) is 23.4 Å². The van der Waals surface area contributed by atoms with Crippen molar-refractivity contribution < 1.29 is 28.2 Å². The van der Waals surface area contributed by atoms with E-state index in [0.717, 1.165) is 100 Å². The fraction of sp³-hybridized carbons (Fsp3) is 0.351. The van der Waals surface area contributed by atoms with E-state index in [9.17, 15) is 4.79 Å². The zero-order valence-corrected chi connectivity index (χ0v) is 48.3. The Kier molecular flexibility index (Phi) is 19.4. The van der Waals surface area contributed by atoms with Gasteiger partial charge in [-0.25, -0.2) is 19.9 Å². The SMILES string of the molecule is C1CCOC1.CC(C)(C)[Si](C)(C)Oc1cccc(Nc2ncnc3cc(-c4ccc(CCO)cc4)sc23)c1.COC(=O)Cc1ccc(-c2cc3ncnc(Nc4cccc(O[Si](C)(C)C(C)(C)C)c4)c3s2)cc1.[B]. The molecule has 0 spiro atoms. The summed E-state index contributed by atoms with van der Waals surface area (Å²) in [6, 6.07) is 36.6. The maximum atomic E-state index is 11.5. The number of carbonyl (C=O) groups excluding carboxylic acids is 1. The first-order chi connectivity index (χ1) is 34.7. The van der Waals surface area contributed by atoms with E-state index in [1.807, 2.05) is 72.8 Å². The van der Waals surface area contributed by atoms with Gasteiger partial charge < -0.3 is 34.1 Å². The molecule has 0 unspecified atom stereocenters. The number of rotatable bonds is 14. The van der Waals surface area contributed by atoms with Crippen molar-refractivity contribution in [2.24, 2.45) is 0 Å². The molecule has 0 saturated carbocycles. The lowest BCUT2D eigenvalue weighted by molar-refractivity contribution is -0.139. The molecule has 0 aliphatic carbocycles. The molecule has 1 saturated heterocycles. The van der Waals surface area contributed by atoms with Gasteiger partial charge in [-0.1, -0.05) is 102 Å². The molecular weight excluding hydrogens is 996 g/mol. The van der Waals surface area contributed by atoms with Crippen LogP contribution in [0.3, 0.4) is 0 Å². The number of nitrogens with one attached hydrogen (secondary N) is 2. The van der Waals surface area contributed by atoms with Crippen molar-refractivity contribution in [3.8, 4) is 32.4 Å². The number of aliphatic hydroxyl groups excluding tert-OH is 1. The van der Waals surface area contributed by atoms with Gasteiger partial charge in [-0.3, -0.25) is 4.79 Å². The fourth-order valence-electron chi connectivity index (χ4n) is 7.12. The summed E-state index contributed by atoms with van der Waals surface area (Å²) in [5.41, 5.74) is 7.91. The summed E-state index contributed by atoms with van der Waals surface area (Å²) in [5, 5.41) is 16.3. The molecule has 0 atom stereocenters. The van der Waals surface area contributed by atoms with Crippen LogP contribution >= 0.6 is 22.7 Å². The average Bonchev–Trinajstić information content (AvgIpc) is 4.16. The highest BCUT2D eigenvalue weighted by atomic mass is 32.1. The van der Waals surface area contributed by atoms with Crippen molar-refractivity contribution in [2.75, 3.05) is 37.6 Å². The Labute approximate surface area is 449 Å². The van der Waals surface area contributed by atoms with Crippen LogP contribution in [0.5, 0.6) is 11.5 Å². The van der Waals surface area contributed by atoms with Crippen LogP contribution in [0.2, 0.25) is 36.3 Å². The van der Waals surface area contributed by atoms with E-state index < -0.39 is 16.6 Å². The quantitative estimate of drug-likeness (QED) is 0.0703. The van der Waals surface area contributed by atoms with E-state index in [1.54, 1.807) is 35.3 Å². The van der Waals surface area contributed by atoms with E-state index in [2.05, 4.69) is 135 Å². The maximum absolute atomic E-state index is 11.5. The maximum Gasteiger partial charge on any atom is 0.309 e. The Morgan fingerprint density at radius 2 is 1.07 bits per heavy atom. The van der Waals surface area contributed by atoms with Gasteiger partial charge in [0.1, 0.15) is 24.2 Å². The fourth-order valence-corrected chi connectivity index (χ4v) is 11.3. The molecule has 17 heteroatoms. The standard InChI is InChI=1S/C27H31N3O3SSi.C26H31N3O2SSi.C4H8O.B/c1-27(2,3)35(5,6)33-21-9-7-8-20(15-21)30-26-25-22(28-17-29-26)16-23(34-25)19-12-10-18(11-13-19)14-24(31)32-4;1-26(2,3)33(4,5)31-21-8-6-7-20(15-21)29-25-24-22(27-17-28-25)16-23(32-24)19-11-9-18(10-12-19)13-14-30;1-2-4-5-3-1;/h7-13,15-17H,14H2,1-6H3,(H,28,29,30);6-12,15-17,30H,13-14H2,1-5H3,(H,27,28,29);1-4H2;. The predicted octanol–water partition coefficient (Wildman–Crippen LogP) is 14.6. The molecule has 12 nitrogen and oxygen atoms in total. The number of thiophene rings is 2. The molecule has 0 bridgehead atoms. The van der Waals surface area contributed by atoms with Gasteiger partial charge in [0.05, 0.1) is 34.0 Å². The first kappa shape index (κ1) is 57.3. The number of methoxy groups -OCH3 is 1. The number of benzene rings is 4. The van der Waals surface area contributed by atoms with Gasteiger partial charge in [0.2, 0.25) is 16.6 Å². The Morgan fingerprint density at radius 3 is 1.45 bits per heavy atom. The predicted molar refractivity (Wildman–Crippen MR) is 313 cm³/mol. The Bertz CT molecular complexity index is 3090. The molecule has 4 aromatic heterocycles. The number of carbonyl (C=O) groups is 1. The Morgan fingerprint density at radius 1 is 0.635 bits per heavy atom. The molecule has 3 N–H and O–H groups in total. The zero-order chi connectivity index (χ0) is 52.4. The molecule has 387 valence electrons. The van der Waals surface area contributed by atoms with Crippen LogP contribution in [0.15, 0.2) is 122 Å². The molecule has 0 amide bonds. The minimum Gasteiger partial charge on any atom is -0.543 e. The molecule has 1 aliphatic rings. The monoisotopic (exact) mass is 1070 g/mol. The van der Waals surface area contributed by atoms with E-state index in [0.29, 0.717) is 6.42 Å². The highest BCUT2D eigenvalue weighted by molar-refractivity contribution is 7.23. The molecule has 74 heavy (non-hydrogen) atoms. The minimum atomic E-state index is -1.93. The van der Waals surface area contributed by atoms with Gasteiger partial charge in [0.15, 0.2) is 11.6 Å². The summed E-state index contributed by atoms with van der Waals surface area (Å²) in [6.07, 6.45) is 6.67. The second-order valence-corrected chi connectivity index (χ2v) is 32.6. The minimum absolute atomic E-state index is 0. The van der Waals surface area contributed by atoms with Gasteiger partial charge >= 0.3 is 5.97 Å². The van der Waals surface area contributed by atoms with Crippen LogP contribution < -0.4 is 19.5 Å². The molecular formula is C57H70BN6O6S2Si2. The lowest BCUT2D eigenvalue weighted by Crippen LogP contribution is -2.43. The third-order valence-electron chi connectivity index (χ3n) is 13.5. The van der Waals surface area contributed by atoms with E-state index in [1.165, 1.54) is 20.0 Å². The van der Waals surface area contributed by atoms with Crippen LogP contribution in [-0.4, -0.2) is 83.0 Å². The number of esters is 1. The van der Waals surface area contributed by atoms with Crippen LogP contribution in [-0.2, 0) is 27.1 Å². The summed E-state index contributed by atoms with van der Waals surface area (Å²) < 4.78 is 24.6. The lowest BCUT2D eigenvalue weighted by atomic mass is 10.1. The molecule has 8 aromatic rings. The van der Waals surface area contributed by atoms with Crippen molar-refractivity contribution in [1.29, 1.82) is 0 Å². The van der Waals surface area contributed by atoms with Crippen LogP contribution in [0.4, 0.5) is 23.0 Å². The van der Waals surface area contributed by atoms with Crippen molar-refractivity contribution in [3.05, 3.63) is 133 Å². The molecule has 1 aliphatic heterocycles. The summed E-state index contributed by atoms with van der Waals surface area (Å²) in [4.78, 5) is 31.7. The van der Waals surface area contributed by atoms with E-state index >= 15 is 0 Å². The van der Waals surface area contributed by atoms with Crippen molar-refractivity contribution in [3.63, 3.8) is 0 Å². The number of nitrogens with zero attached hydrogens (tertiary/aromatic N) is 4. The normalized spacial score (nSPS) is 12.7. The molecule has 3 radical (unpaired) electrons. The molecule has 9 rings (SSSR count). The number of aliphatic hydroxyl groups is 1. The van der Waals surface area contributed by atoms with Gasteiger partial charge in [0, 0.05) is 61.5 Å².